The summed E-state index contributed by atoms with van der Waals surface area (Å²) in [5.74, 6) is 2.12. The van der Waals surface area contributed by atoms with Crippen molar-refractivity contribution in [2.24, 2.45) is 0 Å². The normalized spacial score (nSPS) is 21.7. The van der Waals surface area contributed by atoms with Crippen molar-refractivity contribution in [1.82, 2.24) is 19.9 Å². The average Bonchev–Trinajstić information content (AvgIpc) is 2.78. The second-order valence-corrected chi connectivity index (χ2v) is 7.19. The van der Waals surface area contributed by atoms with E-state index in [9.17, 15) is 0 Å². The van der Waals surface area contributed by atoms with Crippen molar-refractivity contribution >= 4 is 17.8 Å². The van der Waals surface area contributed by atoms with Crippen molar-refractivity contribution in [2.75, 3.05) is 107 Å². The van der Waals surface area contributed by atoms with E-state index in [0.717, 1.165) is 83.9 Å². The lowest BCUT2D eigenvalue weighted by molar-refractivity contribution is 0.0378. The van der Waals surface area contributed by atoms with Crippen LogP contribution in [0.2, 0.25) is 0 Å². The van der Waals surface area contributed by atoms with Crippen molar-refractivity contribution in [2.45, 2.75) is 6.42 Å². The second-order valence-electron chi connectivity index (χ2n) is 7.19. The monoisotopic (exact) mass is 393 g/mol. The Morgan fingerprint density at radius 2 is 1.18 bits per heavy atom. The highest BCUT2D eigenvalue weighted by Gasteiger charge is 2.20. The van der Waals surface area contributed by atoms with E-state index in [1.54, 1.807) is 0 Å². The summed E-state index contributed by atoms with van der Waals surface area (Å²) in [5.41, 5.74) is 0. The minimum atomic E-state index is 0.653. The number of ether oxygens (including phenoxy) is 3. The van der Waals surface area contributed by atoms with Crippen LogP contribution in [0.3, 0.4) is 0 Å². The smallest absolute Gasteiger partial charge is 0.232 e. The Morgan fingerprint density at radius 3 is 1.71 bits per heavy atom. The van der Waals surface area contributed by atoms with Crippen LogP contribution in [-0.2, 0) is 14.2 Å². The molecule has 0 bridgehead atoms. The number of rotatable bonds is 7. The molecule has 3 saturated heterocycles. The molecule has 28 heavy (non-hydrogen) atoms. The van der Waals surface area contributed by atoms with Gasteiger partial charge in [0.2, 0.25) is 17.8 Å². The van der Waals surface area contributed by atoms with Crippen LogP contribution in [0, 0.1) is 0 Å². The third kappa shape index (κ3) is 5.40. The molecule has 0 aromatic carbocycles. The molecule has 0 spiro atoms. The summed E-state index contributed by atoms with van der Waals surface area (Å²) < 4.78 is 16.3. The molecule has 3 aliphatic heterocycles. The van der Waals surface area contributed by atoms with Gasteiger partial charge in [-0.15, -0.1) is 0 Å². The quantitative estimate of drug-likeness (QED) is 0.622. The van der Waals surface area contributed by atoms with Gasteiger partial charge in [-0.05, 0) is 13.0 Å². The molecule has 0 saturated carbocycles. The molecule has 3 fully saturated rings. The van der Waals surface area contributed by atoms with Gasteiger partial charge in [0.25, 0.3) is 0 Å². The maximum atomic E-state index is 5.47. The first kappa shape index (κ1) is 19.6. The fourth-order valence-electron chi connectivity index (χ4n) is 3.57. The minimum Gasteiger partial charge on any atom is -0.379 e. The Bertz CT molecular complexity index is 567. The summed E-state index contributed by atoms with van der Waals surface area (Å²) in [6.07, 6.45) is 1.05. The van der Waals surface area contributed by atoms with E-state index in [2.05, 4.69) is 30.0 Å². The predicted octanol–water partition coefficient (Wildman–Crippen LogP) is -0.321. The van der Waals surface area contributed by atoms with Gasteiger partial charge in [-0.25, -0.2) is 0 Å². The van der Waals surface area contributed by atoms with E-state index in [-0.39, 0.29) is 0 Å². The largest absolute Gasteiger partial charge is 0.379 e. The lowest BCUT2D eigenvalue weighted by atomic mass is 10.3. The third-order valence-electron chi connectivity index (χ3n) is 5.24. The molecule has 10 nitrogen and oxygen atoms in total. The highest BCUT2D eigenvalue weighted by atomic mass is 16.5. The van der Waals surface area contributed by atoms with Gasteiger partial charge in [-0.2, -0.15) is 15.0 Å². The third-order valence-corrected chi connectivity index (χ3v) is 5.24. The zero-order valence-corrected chi connectivity index (χ0v) is 16.5. The summed E-state index contributed by atoms with van der Waals surface area (Å²) in [6.45, 7) is 11.7. The van der Waals surface area contributed by atoms with E-state index in [1.165, 1.54) is 0 Å². The molecular weight excluding hydrogens is 362 g/mol. The molecule has 10 heteroatoms. The zero-order chi connectivity index (χ0) is 19.0. The Hall–Kier alpha value is -1.75. The second kappa shape index (κ2) is 10.1. The summed E-state index contributed by atoms with van der Waals surface area (Å²) in [6, 6.07) is 0. The number of nitrogens with one attached hydrogen (secondary N) is 1. The van der Waals surface area contributed by atoms with Gasteiger partial charge >= 0.3 is 0 Å². The Labute approximate surface area is 166 Å². The van der Waals surface area contributed by atoms with Crippen molar-refractivity contribution in [1.29, 1.82) is 0 Å². The van der Waals surface area contributed by atoms with E-state index >= 15 is 0 Å². The maximum Gasteiger partial charge on any atom is 0.232 e. The number of morpholine rings is 3. The molecule has 0 radical (unpaired) electrons. The molecule has 1 N–H and O–H groups in total. The lowest BCUT2D eigenvalue weighted by Gasteiger charge is -2.30. The van der Waals surface area contributed by atoms with E-state index in [4.69, 9.17) is 19.2 Å². The number of anilines is 3. The number of hydrogen-bond acceptors (Lipinski definition) is 10. The fourth-order valence-corrected chi connectivity index (χ4v) is 3.57. The molecule has 1 aromatic heterocycles. The first-order valence-electron chi connectivity index (χ1n) is 10.3. The molecule has 0 amide bonds. The molecule has 0 unspecified atom stereocenters. The first-order valence-corrected chi connectivity index (χ1v) is 10.3. The topological polar surface area (TPSA) is 88.1 Å². The molecule has 3 aliphatic rings. The van der Waals surface area contributed by atoms with Crippen molar-refractivity contribution in [3.63, 3.8) is 0 Å². The van der Waals surface area contributed by atoms with Gasteiger partial charge in [-0.1, -0.05) is 0 Å². The van der Waals surface area contributed by atoms with Gasteiger partial charge in [0.05, 0.1) is 39.6 Å². The molecule has 0 aliphatic carbocycles. The minimum absolute atomic E-state index is 0.653. The summed E-state index contributed by atoms with van der Waals surface area (Å²) >= 11 is 0. The number of hydrogen-bond donors (Lipinski definition) is 1. The zero-order valence-electron chi connectivity index (χ0n) is 16.5. The number of nitrogens with zero attached hydrogens (tertiary/aromatic N) is 6. The summed E-state index contributed by atoms with van der Waals surface area (Å²) in [4.78, 5) is 20.9. The van der Waals surface area contributed by atoms with Gasteiger partial charge in [0.1, 0.15) is 0 Å². The first-order chi connectivity index (χ1) is 13.9. The standard InChI is InChI=1S/C18H31N7O3/c1(3-23-4-10-26-11-5-23)2-19-16-20-17(24-6-12-27-13-7-24)22-18(21-16)25-8-14-28-15-9-25/h1-15H2,(H,19,20,21,22). The van der Waals surface area contributed by atoms with Crippen LogP contribution >= 0.6 is 0 Å². The van der Waals surface area contributed by atoms with Crippen molar-refractivity contribution < 1.29 is 14.2 Å². The molecule has 0 atom stereocenters. The van der Waals surface area contributed by atoms with Crippen LogP contribution in [0.25, 0.3) is 0 Å². The van der Waals surface area contributed by atoms with Crippen LogP contribution < -0.4 is 15.1 Å². The average molecular weight is 393 g/mol. The SMILES string of the molecule is C(CNc1nc(N2CCOCC2)nc(N2CCOCC2)n1)CN1CCOCC1. The van der Waals surface area contributed by atoms with Gasteiger partial charge in [0, 0.05) is 45.8 Å². The van der Waals surface area contributed by atoms with Crippen molar-refractivity contribution in [3.05, 3.63) is 0 Å². The van der Waals surface area contributed by atoms with Gasteiger partial charge in [0.15, 0.2) is 0 Å². The number of aromatic nitrogens is 3. The van der Waals surface area contributed by atoms with Crippen LogP contribution in [0.1, 0.15) is 6.42 Å². The van der Waals surface area contributed by atoms with Crippen LogP contribution in [0.4, 0.5) is 17.8 Å². The van der Waals surface area contributed by atoms with Gasteiger partial charge < -0.3 is 29.3 Å². The van der Waals surface area contributed by atoms with Gasteiger partial charge in [-0.3, -0.25) is 4.90 Å². The molecule has 156 valence electrons. The lowest BCUT2D eigenvalue weighted by Crippen LogP contribution is -2.40. The molecular formula is C18H31N7O3. The molecule has 1 aromatic rings. The van der Waals surface area contributed by atoms with E-state index < -0.39 is 0 Å². The summed E-state index contributed by atoms with van der Waals surface area (Å²) in [7, 11) is 0. The Morgan fingerprint density at radius 1 is 0.679 bits per heavy atom. The highest BCUT2D eigenvalue weighted by molar-refractivity contribution is 5.45. The van der Waals surface area contributed by atoms with Crippen molar-refractivity contribution in [3.8, 4) is 0 Å². The van der Waals surface area contributed by atoms with Crippen LogP contribution in [-0.4, -0.2) is 112 Å². The Balaban J connectivity index is 1.39. The highest BCUT2D eigenvalue weighted by Crippen LogP contribution is 2.18. The van der Waals surface area contributed by atoms with E-state index in [1.807, 2.05) is 0 Å². The predicted molar refractivity (Wildman–Crippen MR) is 106 cm³/mol. The van der Waals surface area contributed by atoms with E-state index in [0.29, 0.717) is 32.4 Å². The summed E-state index contributed by atoms with van der Waals surface area (Å²) in [5, 5.41) is 3.41. The maximum absolute atomic E-state index is 5.47. The Kier molecular flexibility index (Phi) is 7.09. The fraction of sp³-hybridized carbons (Fsp3) is 0.833. The van der Waals surface area contributed by atoms with Crippen LogP contribution in [0.5, 0.6) is 0 Å². The van der Waals surface area contributed by atoms with Crippen LogP contribution in [0.15, 0.2) is 0 Å². The molecule has 4 rings (SSSR count). The molecule has 4 heterocycles.